The zero-order chi connectivity index (χ0) is 15.5. The van der Waals surface area contributed by atoms with E-state index in [0.717, 1.165) is 38.3 Å². The van der Waals surface area contributed by atoms with Crippen LogP contribution in [0.4, 0.5) is 4.39 Å². The molecule has 118 valence electrons. The third kappa shape index (κ3) is 3.26. The summed E-state index contributed by atoms with van der Waals surface area (Å²) in [5, 5.41) is 0. The molecule has 0 saturated carbocycles. The van der Waals surface area contributed by atoms with E-state index in [1.165, 1.54) is 0 Å². The predicted octanol–water partition coefficient (Wildman–Crippen LogP) is 2.14. The fourth-order valence-corrected chi connectivity index (χ4v) is 3.11. The Kier molecular flexibility index (Phi) is 5.32. The molecular weight excluding hydrogens is 269 g/mol. The lowest BCUT2D eigenvalue weighted by molar-refractivity contribution is -0.0329. The number of morpholine rings is 1. The number of hydrogen-bond acceptors (Lipinski definition) is 4. The average molecular weight is 295 g/mol. The lowest BCUT2D eigenvalue weighted by atomic mass is 9.82. The number of hydrogen-bond donors (Lipinski definition) is 2. The van der Waals surface area contributed by atoms with Crippen LogP contribution in [0.3, 0.4) is 0 Å². The Labute approximate surface area is 126 Å². The van der Waals surface area contributed by atoms with Crippen LogP contribution in [0.5, 0.6) is 0 Å². The number of rotatable bonds is 5. The van der Waals surface area contributed by atoms with E-state index >= 15 is 0 Å². The molecule has 5 heteroatoms. The van der Waals surface area contributed by atoms with Gasteiger partial charge < -0.3 is 4.74 Å². The molecule has 4 nitrogen and oxygen atoms in total. The van der Waals surface area contributed by atoms with Crippen LogP contribution in [0.1, 0.15) is 37.4 Å². The standard InChI is InChI=1S/C16H26FN3O/c1-4-16(3,20-7-9-21-10-8-20)15(19-18)13-6-5-12(2)14(17)11-13/h5-6,11,15,19H,4,7-10,18H2,1-3H3. The second-order valence-electron chi connectivity index (χ2n) is 5.92. The van der Waals surface area contributed by atoms with Crippen molar-refractivity contribution in [1.82, 2.24) is 10.3 Å². The van der Waals surface area contributed by atoms with Gasteiger partial charge in [-0.05, 0) is 37.5 Å². The monoisotopic (exact) mass is 295 g/mol. The highest BCUT2D eigenvalue weighted by Crippen LogP contribution is 2.34. The Morgan fingerprint density at radius 2 is 2.10 bits per heavy atom. The number of nitrogens with two attached hydrogens (primary N) is 1. The summed E-state index contributed by atoms with van der Waals surface area (Å²) in [4.78, 5) is 2.39. The van der Waals surface area contributed by atoms with Crippen LogP contribution in [-0.2, 0) is 4.74 Å². The molecule has 2 rings (SSSR count). The molecule has 1 aromatic rings. The molecule has 1 aliphatic rings. The molecule has 2 unspecified atom stereocenters. The van der Waals surface area contributed by atoms with Gasteiger partial charge in [0.2, 0.25) is 0 Å². The smallest absolute Gasteiger partial charge is 0.126 e. The highest BCUT2D eigenvalue weighted by atomic mass is 19.1. The van der Waals surface area contributed by atoms with Crippen molar-refractivity contribution in [1.29, 1.82) is 0 Å². The summed E-state index contributed by atoms with van der Waals surface area (Å²) in [6.45, 7) is 9.30. The summed E-state index contributed by atoms with van der Waals surface area (Å²) in [7, 11) is 0. The molecular formula is C16H26FN3O. The average Bonchev–Trinajstić information content (AvgIpc) is 2.52. The van der Waals surface area contributed by atoms with E-state index in [0.29, 0.717) is 5.56 Å². The molecule has 0 radical (unpaired) electrons. The van der Waals surface area contributed by atoms with Crippen molar-refractivity contribution in [2.75, 3.05) is 26.3 Å². The second kappa shape index (κ2) is 6.83. The van der Waals surface area contributed by atoms with Crippen LogP contribution in [-0.4, -0.2) is 36.7 Å². The Balaban J connectivity index is 2.33. The van der Waals surface area contributed by atoms with Gasteiger partial charge in [0.25, 0.3) is 0 Å². The van der Waals surface area contributed by atoms with Crippen LogP contribution in [0.15, 0.2) is 18.2 Å². The molecule has 0 aliphatic carbocycles. The van der Waals surface area contributed by atoms with Crippen molar-refractivity contribution in [2.45, 2.75) is 38.8 Å². The molecule has 1 heterocycles. The number of hydrazine groups is 1. The van der Waals surface area contributed by atoms with E-state index in [-0.39, 0.29) is 17.4 Å². The Morgan fingerprint density at radius 3 is 2.62 bits per heavy atom. The van der Waals surface area contributed by atoms with Gasteiger partial charge in [-0.1, -0.05) is 19.1 Å². The molecule has 3 N–H and O–H groups in total. The summed E-state index contributed by atoms with van der Waals surface area (Å²) in [6, 6.07) is 5.23. The van der Waals surface area contributed by atoms with E-state index in [1.54, 1.807) is 13.0 Å². The van der Waals surface area contributed by atoms with Crippen molar-refractivity contribution in [3.63, 3.8) is 0 Å². The van der Waals surface area contributed by atoms with Gasteiger partial charge in [0, 0.05) is 18.6 Å². The van der Waals surface area contributed by atoms with Gasteiger partial charge in [0.1, 0.15) is 5.82 Å². The van der Waals surface area contributed by atoms with Crippen LogP contribution >= 0.6 is 0 Å². The van der Waals surface area contributed by atoms with E-state index < -0.39 is 0 Å². The lowest BCUT2D eigenvalue weighted by Crippen LogP contribution is -2.58. The fourth-order valence-electron chi connectivity index (χ4n) is 3.11. The van der Waals surface area contributed by atoms with Crippen molar-refractivity contribution >= 4 is 0 Å². The topological polar surface area (TPSA) is 50.5 Å². The summed E-state index contributed by atoms with van der Waals surface area (Å²) in [5.41, 5.74) is 4.26. The molecule has 2 atom stereocenters. The largest absolute Gasteiger partial charge is 0.379 e. The van der Waals surface area contributed by atoms with Crippen molar-refractivity contribution in [3.05, 3.63) is 35.1 Å². The minimum Gasteiger partial charge on any atom is -0.379 e. The number of halogens is 1. The van der Waals surface area contributed by atoms with E-state index in [9.17, 15) is 4.39 Å². The first-order valence-corrected chi connectivity index (χ1v) is 7.58. The van der Waals surface area contributed by atoms with Crippen molar-refractivity contribution in [2.24, 2.45) is 5.84 Å². The summed E-state index contributed by atoms with van der Waals surface area (Å²) < 4.78 is 19.3. The summed E-state index contributed by atoms with van der Waals surface area (Å²) in [6.07, 6.45) is 0.914. The number of ether oxygens (including phenoxy) is 1. The third-order valence-corrected chi connectivity index (χ3v) is 4.77. The Bertz CT molecular complexity index is 477. The number of nitrogens with one attached hydrogen (secondary N) is 1. The molecule has 1 aromatic carbocycles. The molecule has 1 fully saturated rings. The maximum atomic E-state index is 13.9. The highest BCUT2D eigenvalue weighted by molar-refractivity contribution is 5.28. The van der Waals surface area contributed by atoms with Crippen LogP contribution in [0.2, 0.25) is 0 Å². The molecule has 1 saturated heterocycles. The first-order chi connectivity index (χ1) is 10.0. The first kappa shape index (κ1) is 16.4. The second-order valence-corrected chi connectivity index (χ2v) is 5.92. The SMILES string of the molecule is CCC(C)(C(NN)c1ccc(C)c(F)c1)N1CCOCC1. The normalized spacial score (nSPS) is 21.0. The Hall–Kier alpha value is -1.01. The van der Waals surface area contributed by atoms with Gasteiger partial charge in [0.05, 0.1) is 19.3 Å². The van der Waals surface area contributed by atoms with Crippen LogP contribution < -0.4 is 11.3 Å². The van der Waals surface area contributed by atoms with Crippen LogP contribution in [0.25, 0.3) is 0 Å². The van der Waals surface area contributed by atoms with Crippen molar-refractivity contribution in [3.8, 4) is 0 Å². The van der Waals surface area contributed by atoms with Gasteiger partial charge in [0.15, 0.2) is 0 Å². The zero-order valence-electron chi connectivity index (χ0n) is 13.2. The molecule has 21 heavy (non-hydrogen) atoms. The maximum absolute atomic E-state index is 13.9. The summed E-state index contributed by atoms with van der Waals surface area (Å²) >= 11 is 0. The Morgan fingerprint density at radius 1 is 1.43 bits per heavy atom. The van der Waals surface area contributed by atoms with E-state index in [1.807, 2.05) is 12.1 Å². The maximum Gasteiger partial charge on any atom is 0.126 e. The van der Waals surface area contributed by atoms with Gasteiger partial charge in [-0.25, -0.2) is 4.39 Å². The van der Waals surface area contributed by atoms with E-state index in [4.69, 9.17) is 10.6 Å². The minimum absolute atomic E-state index is 0.129. The molecule has 0 aromatic heterocycles. The lowest BCUT2D eigenvalue weighted by Gasteiger charge is -2.47. The van der Waals surface area contributed by atoms with Gasteiger partial charge in [-0.3, -0.25) is 16.2 Å². The van der Waals surface area contributed by atoms with Crippen molar-refractivity contribution < 1.29 is 9.13 Å². The quantitative estimate of drug-likeness (QED) is 0.645. The minimum atomic E-state index is -0.187. The van der Waals surface area contributed by atoms with E-state index in [2.05, 4.69) is 24.2 Å². The molecule has 0 bridgehead atoms. The van der Waals surface area contributed by atoms with Gasteiger partial charge in [-0.2, -0.15) is 0 Å². The predicted molar refractivity (Wildman–Crippen MR) is 82.3 cm³/mol. The fraction of sp³-hybridized carbons (Fsp3) is 0.625. The number of benzene rings is 1. The third-order valence-electron chi connectivity index (χ3n) is 4.77. The molecule has 1 aliphatic heterocycles. The molecule has 0 amide bonds. The zero-order valence-corrected chi connectivity index (χ0v) is 13.2. The summed E-state index contributed by atoms with van der Waals surface area (Å²) in [5.74, 6) is 5.64. The number of nitrogens with zero attached hydrogens (tertiary/aromatic N) is 1. The highest BCUT2D eigenvalue weighted by Gasteiger charge is 2.39. The number of aryl methyl sites for hydroxylation is 1. The molecule has 0 spiro atoms. The van der Waals surface area contributed by atoms with Gasteiger partial charge in [-0.15, -0.1) is 0 Å². The van der Waals surface area contributed by atoms with Gasteiger partial charge >= 0.3 is 0 Å². The van der Waals surface area contributed by atoms with Crippen LogP contribution in [0, 0.1) is 12.7 Å². The first-order valence-electron chi connectivity index (χ1n) is 7.58.